The molecule has 1 rings (SSSR count). The zero-order valence-electron chi connectivity index (χ0n) is 7.97. The van der Waals surface area contributed by atoms with Gasteiger partial charge in [0.25, 0.3) is 9.05 Å². The second-order valence-corrected chi connectivity index (χ2v) is 5.49. The van der Waals surface area contributed by atoms with Crippen LogP contribution < -0.4 is 0 Å². The van der Waals surface area contributed by atoms with Crippen LogP contribution >= 0.6 is 10.7 Å². The smallest absolute Gasteiger partial charge is 0.242 e. The van der Waals surface area contributed by atoms with E-state index in [0.29, 0.717) is 0 Å². The predicted molar refractivity (Wildman–Crippen MR) is 47.3 cm³/mol. The van der Waals surface area contributed by atoms with Gasteiger partial charge in [0.1, 0.15) is 0 Å². The highest BCUT2D eigenvalue weighted by molar-refractivity contribution is 8.13. The number of hydrogen-bond donors (Lipinski definition) is 0. The highest BCUT2D eigenvalue weighted by Crippen LogP contribution is 2.38. The van der Waals surface area contributed by atoms with Gasteiger partial charge in [-0.3, -0.25) is 0 Å². The first-order valence-electron chi connectivity index (χ1n) is 3.92. The summed E-state index contributed by atoms with van der Waals surface area (Å²) in [5, 5.41) is -1.66. The minimum atomic E-state index is -5.33. The molecule has 0 unspecified atom stereocenters. The monoisotopic (exact) mass is 313 g/mol. The van der Waals surface area contributed by atoms with Crippen LogP contribution in [0.25, 0.3) is 0 Å². The Kier molecular flexibility index (Phi) is 3.56. The summed E-state index contributed by atoms with van der Waals surface area (Å²) in [5.74, 6) is 0. The van der Waals surface area contributed by atoms with Gasteiger partial charge in [0.2, 0.25) is 0 Å². The van der Waals surface area contributed by atoms with Gasteiger partial charge in [0, 0.05) is 16.9 Å². The van der Waals surface area contributed by atoms with Crippen LogP contribution in [0.5, 0.6) is 0 Å². The molecule has 11 heteroatoms. The van der Waals surface area contributed by atoms with Gasteiger partial charge in [-0.25, -0.2) is 13.4 Å². The molecular weight excluding hydrogens is 312 g/mol. The standard InChI is InChI=1S/C7H2ClF6NO2S/c8-18(16,17)5-4(7(12,13)14)1-3(2-15-5)6(9,10)11/h1-2H. The molecule has 0 amide bonds. The number of rotatable bonds is 1. The van der Waals surface area contributed by atoms with E-state index >= 15 is 0 Å². The SMILES string of the molecule is O=S(=O)(Cl)c1ncc(C(F)(F)F)cc1C(F)(F)F. The third kappa shape index (κ3) is 3.25. The number of hydrogen-bond acceptors (Lipinski definition) is 3. The van der Waals surface area contributed by atoms with E-state index in [4.69, 9.17) is 0 Å². The van der Waals surface area contributed by atoms with E-state index in [-0.39, 0.29) is 12.3 Å². The van der Waals surface area contributed by atoms with Crippen LogP contribution in [0.15, 0.2) is 17.3 Å². The molecule has 0 aliphatic heterocycles. The molecule has 0 aliphatic rings. The maximum absolute atomic E-state index is 12.4. The number of pyridine rings is 1. The summed E-state index contributed by atoms with van der Waals surface area (Å²) in [6, 6.07) is -0.359. The Morgan fingerprint density at radius 3 is 1.89 bits per heavy atom. The van der Waals surface area contributed by atoms with E-state index in [1.54, 1.807) is 0 Å². The summed E-state index contributed by atoms with van der Waals surface area (Å²) in [6.07, 6.45) is -10.4. The molecule has 0 saturated carbocycles. The Bertz CT molecular complexity index is 564. The molecule has 1 aromatic rings. The molecule has 0 radical (unpaired) electrons. The second-order valence-electron chi connectivity index (χ2n) is 3.01. The van der Waals surface area contributed by atoms with Crippen molar-refractivity contribution in [1.82, 2.24) is 4.98 Å². The summed E-state index contributed by atoms with van der Waals surface area (Å²) in [6.45, 7) is 0. The Balaban J connectivity index is 3.61. The van der Waals surface area contributed by atoms with Crippen molar-refractivity contribution in [2.45, 2.75) is 17.4 Å². The normalized spacial score (nSPS) is 13.7. The molecule has 0 atom stereocenters. The second kappa shape index (κ2) is 4.26. The third-order valence-corrected chi connectivity index (χ3v) is 2.94. The number of halogens is 7. The van der Waals surface area contributed by atoms with E-state index in [0.717, 1.165) is 0 Å². The van der Waals surface area contributed by atoms with Crippen molar-refractivity contribution < 1.29 is 34.8 Å². The van der Waals surface area contributed by atoms with Gasteiger partial charge in [-0.2, -0.15) is 26.3 Å². The molecule has 0 spiro atoms. The molecule has 3 nitrogen and oxygen atoms in total. The molecule has 1 heterocycles. The van der Waals surface area contributed by atoms with Crippen molar-refractivity contribution in [2.24, 2.45) is 0 Å². The van der Waals surface area contributed by atoms with Gasteiger partial charge < -0.3 is 0 Å². The minimum Gasteiger partial charge on any atom is -0.242 e. The lowest BCUT2D eigenvalue weighted by Crippen LogP contribution is -2.16. The number of alkyl halides is 6. The van der Waals surface area contributed by atoms with E-state index in [9.17, 15) is 34.8 Å². The highest BCUT2D eigenvalue weighted by atomic mass is 35.7. The van der Waals surface area contributed by atoms with E-state index in [2.05, 4.69) is 15.7 Å². The largest absolute Gasteiger partial charge is 0.419 e. The molecule has 0 aliphatic carbocycles. The predicted octanol–water partition coefficient (Wildman–Crippen LogP) is 3.05. The first kappa shape index (κ1) is 15.0. The molecule has 0 bridgehead atoms. The summed E-state index contributed by atoms with van der Waals surface area (Å²) < 4.78 is 95.4. The summed E-state index contributed by atoms with van der Waals surface area (Å²) in [7, 11) is -0.240. The maximum atomic E-state index is 12.4. The lowest BCUT2D eigenvalue weighted by atomic mass is 10.2. The van der Waals surface area contributed by atoms with Crippen molar-refractivity contribution in [2.75, 3.05) is 0 Å². The molecule has 0 aromatic carbocycles. The van der Waals surface area contributed by atoms with E-state index < -0.39 is 37.6 Å². The number of nitrogens with zero attached hydrogens (tertiary/aromatic N) is 1. The van der Waals surface area contributed by atoms with Gasteiger partial charge >= 0.3 is 12.4 Å². The quantitative estimate of drug-likeness (QED) is 0.591. The Morgan fingerprint density at radius 2 is 1.56 bits per heavy atom. The molecule has 0 fully saturated rings. The van der Waals surface area contributed by atoms with E-state index in [1.807, 2.05) is 0 Å². The van der Waals surface area contributed by atoms with Crippen molar-refractivity contribution >= 4 is 19.7 Å². The lowest BCUT2D eigenvalue weighted by molar-refractivity contribution is -0.145. The topological polar surface area (TPSA) is 47.0 Å². The van der Waals surface area contributed by atoms with Crippen LogP contribution in [-0.4, -0.2) is 13.4 Å². The van der Waals surface area contributed by atoms with Crippen molar-refractivity contribution in [1.29, 1.82) is 0 Å². The summed E-state index contributed by atoms with van der Waals surface area (Å²) in [4.78, 5) is 2.62. The Labute approximate surface area is 101 Å². The molecule has 18 heavy (non-hydrogen) atoms. The lowest BCUT2D eigenvalue weighted by Gasteiger charge is -2.13. The third-order valence-electron chi connectivity index (χ3n) is 1.71. The average Bonchev–Trinajstić information content (AvgIpc) is 2.12. The van der Waals surface area contributed by atoms with Gasteiger partial charge in [-0.15, -0.1) is 0 Å². The van der Waals surface area contributed by atoms with Crippen LogP contribution in [-0.2, 0) is 21.4 Å². The van der Waals surface area contributed by atoms with Crippen LogP contribution in [0.3, 0.4) is 0 Å². The van der Waals surface area contributed by atoms with Crippen molar-refractivity contribution in [3.05, 3.63) is 23.4 Å². The van der Waals surface area contributed by atoms with Gasteiger partial charge in [0.15, 0.2) is 5.03 Å². The first-order valence-corrected chi connectivity index (χ1v) is 6.23. The molecule has 1 aromatic heterocycles. The van der Waals surface area contributed by atoms with Crippen LogP contribution in [0, 0.1) is 0 Å². The molecular formula is C7H2ClF6NO2S. The Morgan fingerprint density at radius 1 is 1.06 bits per heavy atom. The summed E-state index contributed by atoms with van der Waals surface area (Å²) >= 11 is 0. The average molecular weight is 314 g/mol. The highest BCUT2D eigenvalue weighted by Gasteiger charge is 2.41. The maximum Gasteiger partial charge on any atom is 0.419 e. The fourth-order valence-corrected chi connectivity index (χ4v) is 1.99. The van der Waals surface area contributed by atoms with Gasteiger partial charge in [-0.05, 0) is 6.07 Å². The fourth-order valence-electron chi connectivity index (χ4n) is 1.00. The van der Waals surface area contributed by atoms with Crippen molar-refractivity contribution in [3.63, 3.8) is 0 Å². The van der Waals surface area contributed by atoms with Crippen LogP contribution in [0.4, 0.5) is 26.3 Å². The fraction of sp³-hybridized carbons (Fsp3) is 0.286. The number of aromatic nitrogens is 1. The zero-order valence-corrected chi connectivity index (χ0v) is 9.54. The molecule has 102 valence electrons. The van der Waals surface area contributed by atoms with Gasteiger partial charge in [-0.1, -0.05) is 0 Å². The minimum absolute atomic E-state index is 0.0372. The Hall–Kier alpha value is -1.03. The van der Waals surface area contributed by atoms with Crippen LogP contribution in [0.1, 0.15) is 11.1 Å². The van der Waals surface area contributed by atoms with Crippen molar-refractivity contribution in [3.8, 4) is 0 Å². The van der Waals surface area contributed by atoms with Gasteiger partial charge in [0.05, 0.1) is 11.1 Å². The van der Waals surface area contributed by atoms with Crippen LogP contribution in [0.2, 0.25) is 0 Å². The molecule has 0 N–H and O–H groups in total. The zero-order chi connectivity index (χ0) is 14.4. The molecule has 0 saturated heterocycles. The first-order chi connectivity index (χ1) is 7.83. The van der Waals surface area contributed by atoms with E-state index in [1.165, 1.54) is 0 Å². The summed E-state index contributed by atoms with van der Waals surface area (Å²) in [5.41, 5.74) is -3.79.